The first-order valence-corrected chi connectivity index (χ1v) is 4.69. The SMILES string of the molecule is Cc1cn(C)nc1C(F)(F)F.NS(=O)[O-]. The minimum absolute atomic E-state index is 0.153. The zero-order valence-corrected chi connectivity index (χ0v) is 8.72. The maximum absolute atomic E-state index is 12.0. The summed E-state index contributed by atoms with van der Waals surface area (Å²) in [5, 5.41) is 7.30. The second-order valence-corrected chi connectivity index (χ2v) is 3.11. The van der Waals surface area contributed by atoms with Crippen LogP contribution in [0, 0.1) is 6.92 Å². The van der Waals surface area contributed by atoms with Crippen LogP contribution in [0.3, 0.4) is 0 Å². The summed E-state index contributed by atoms with van der Waals surface area (Å²) in [4.78, 5) is 0. The normalized spacial score (nSPS) is 13.0. The van der Waals surface area contributed by atoms with Gasteiger partial charge in [-0.3, -0.25) is 14.0 Å². The maximum atomic E-state index is 12.0. The molecule has 0 aliphatic carbocycles. The maximum Gasteiger partial charge on any atom is 0.435 e. The molecule has 0 bridgehead atoms. The summed E-state index contributed by atoms with van der Waals surface area (Å²) in [7, 11) is 1.46. The second-order valence-electron chi connectivity index (χ2n) is 2.59. The molecule has 0 aliphatic heterocycles. The van der Waals surface area contributed by atoms with Crippen molar-refractivity contribution in [1.29, 1.82) is 0 Å². The Morgan fingerprint density at radius 3 is 2.13 bits per heavy atom. The lowest BCUT2D eigenvalue weighted by Gasteiger charge is -2.01. The molecular weight excluding hydrogens is 235 g/mol. The third-order valence-corrected chi connectivity index (χ3v) is 1.28. The van der Waals surface area contributed by atoms with Crippen molar-refractivity contribution in [3.05, 3.63) is 17.5 Å². The van der Waals surface area contributed by atoms with E-state index in [0.29, 0.717) is 0 Å². The number of hydrogen-bond acceptors (Lipinski definition) is 3. The predicted molar refractivity (Wildman–Crippen MR) is 46.1 cm³/mol. The topological polar surface area (TPSA) is 84.0 Å². The van der Waals surface area contributed by atoms with E-state index in [4.69, 9.17) is 8.76 Å². The van der Waals surface area contributed by atoms with E-state index in [1.54, 1.807) is 0 Å². The Morgan fingerprint density at radius 1 is 1.60 bits per heavy atom. The van der Waals surface area contributed by atoms with Crippen molar-refractivity contribution in [1.82, 2.24) is 9.78 Å². The molecule has 0 saturated carbocycles. The molecule has 2 N–H and O–H groups in total. The molecule has 0 saturated heterocycles. The molecule has 88 valence electrons. The van der Waals surface area contributed by atoms with Crippen molar-refractivity contribution >= 4 is 11.3 Å². The molecule has 9 heteroatoms. The van der Waals surface area contributed by atoms with Crippen molar-refractivity contribution in [2.75, 3.05) is 0 Å². The molecule has 15 heavy (non-hydrogen) atoms. The fourth-order valence-electron chi connectivity index (χ4n) is 0.887. The molecule has 1 atom stereocenters. The summed E-state index contributed by atoms with van der Waals surface area (Å²) in [6.45, 7) is 1.38. The average molecular weight is 244 g/mol. The Bertz CT molecular complexity index is 346. The van der Waals surface area contributed by atoms with Crippen molar-refractivity contribution in [2.45, 2.75) is 13.1 Å². The number of nitrogens with two attached hydrogens (primary N) is 1. The summed E-state index contributed by atoms with van der Waals surface area (Å²) in [5.41, 5.74) is -0.653. The molecule has 5 nitrogen and oxygen atoms in total. The third kappa shape index (κ3) is 5.50. The minimum atomic E-state index is -4.33. The van der Waals surface area contributed by atoms with Gasteiger partial charge < -0.3 is 4.55 Å². The van der Waals surface area contributed by atoms with Crippen molar-refractivity contribution in [3.63, 3.8) is 0 Å². The molecule has 0 aromatic carbocycles. The van der Waals surface area contributed by atoms with E-state index >= 15 is 0 Å². The van der Waals surface area contributed by atoms with Crippen LogP contribution in [-0.2, 0) is 24.5 Å². The summed E-state index contributed by atoms with van der Waals surface area (Å²) in [6, 6.07) is 0. The van der Waals surface area contributed by atoms with Crippen LogP contribution >= 0.6 is 0 Å². The fraction of sp³-hybridized carbons (Fsp3) is 0.500. The first-order chi connectivity index (χ1) is 6.64. The van der Waals surface area contributed by atoms with Gasteiger partial charge in [0.05, 0.1) is 0 Å². The second kappa shape index (κ2) is 5.24. The van der Waals surface area contributed by atoms with E-state index in [1.807, 2.05) is 0 Å². The predicted octanol–water partition coefficient (Wildman–Crippen LogP) is 0.487. The number of halogens is 3. The van der Waals surface area contributed by atoms with Crippen LogP contribution in [0.2, 0.25) is 0 Å². The van der Waals surface area contributed by atoms with Gasteiger partial charge in [0.25, 0.3) is 0 Å². The Morgan fingerprint density at radius 2 is 2.00 bits per heavy atom. The first-order valence-electron chi connectivity index (χ1n) is 3.55. The largest absolute Gasteiger partial charge is 0.760 e. The van der Waals surface area contributed by atoms with Gasteiger partial charge >= 0.3 is 6.18 Å². The molecule has 1 aromatic rings. The molecule has 0 radical (unpaired) electrons. The molecule has 0 amide bonds. The summed E-state index contributed by atoms with van der Waals surface area (Å²) < 4.78 is 54.7. The van der Waals surface area contributed by atoms with Gasteiger partial charge in [-0.25, -0.2) is 0 Å². The van der Waals surface area contributed by atoms with Gasteiger partial charge in [0.2, 0.25) is 0 Å². The van der Waals surface area contributed by atoms with Crippen LogP contribution in [0.25, 0.3) is 0 Å². The van der Waals surface area contributed by atoms with E-state index < -0.39 is 23.1 Å². The van der Waals surface area contributed by atoms with Gasteiger partial charge in [-0.15, -0.1) is 0 Å². The first kappa shape index (κ1) is 14.1. The lowest BCUT2D eigenvalue weighted by atomic mass is 10.3. The van der Waals surface area contributed by atoms with Crippen LogP contribution in [0.15, 0.2) is 6.20 Å². The Hall–Kier alpha value is -0.930. The van der Waals surface area contributed by atoms with Gasteiger partial charge in [0, 0.05) is 24.5 Å². The number of aryl methyl sites for hydroxylation is 2. The van der Waals surface area contributed by atoms with Crippen molar-refractivity contribution in [2.24, 2.45) is 12.2 Å². The lowest BCUT2D eigenvalue weighted by Crippen LogP contribution is -2.08. The van der Waals surface area contributed by atoms with Crippen molar-refractivity contribution in [3.8, 4) is 0 Å². The van der Waals surface area contributed by atoms with Gasteiger partial charge in [-0.2, -0.15) is 18.3 Å². The minimum Gasteiger partial charge on any atom is -0.760 e. The quantitative estimate of drug-likeness (QED) is 0.674. The van der Waals surface area contributed by atoms with Crippen molar-refractivity contribution < 1.29 is 21.9 Å². The third-order valence-electron chi connectivity index (χ3n) is 1.28. The smallest absolute Gasteiger partial charge is 0.435 e. The molecule has 1 unspecified atom stereocenters. The van der Waals surface area contributed by atoms with E-state index in [2.05, 4.69) is 10.2 Å². The molecule has 1 rings (SSSR count). The molecule has 1 heterocycles. The number of nitrogens with zero attached hydrogens (tertiary/aromatic N) is 2. The molecule has 1 aromatic heterocycles. The fourth-order valence-corrected chi connectivity index (χ4v) is 0.887. The number of alkyl halides is 3. The molecule has 0 spiro atoms. The van der Waals surface area contributed by atoms with Crippen LogP contribution in [-0.4, -0.2) is 18.5 Å². The standard InChI is InChI=1S/C6H7F3N2.H3NO2S/c1-4-3-11(2)10-5(4)6(7,8)9;1-4(2)3/h3H,1-2H3;1H2,(H,2,3)/p-1. The van der Waals surface area contributed by atoms with E-state index in [0.717, 1.165) is 4.68 Å². The summed E-state index contributed by atoms with van der Waals surface area (Å²) in [5.74, 6) is 0. The average Bonchev–Trinajstić information content (AvgIpc) is 2.26. The zero-order chi connectivity index (χ0) is 12.2. The molecule has 0 fully saturated rings. The lowest BCUT2D eigenvalue weighted by molar-refractivity contribution is -0.141. The highest BCUT2D eigenvalue weighted by atomic mass is 32.2. The van der Waals surface area contributed by atoms with E-state index in [-0.39, 0.29) is 5.56 Å². The highest BCUT2D eigenvalue weighted by Gasteiger charge is 2.35. The van der Waals surface area contributed by atoms with Gasteiger partial charge in [0.1, 0.15) is 0 Å². The summed E-state index contributed by atoms with van der Waals surface area (Å²) >= 11 is -2.36. The van der Waals surface area contributed by atoms with E-state index in [9.17, 15) is 13.2 Å². The molecule has 0 aliphatic rings. The zero-order valence-electron chi connectivity index (χ0n) is 7.91. The highest BCUT2D eigenvalue weighted by Crippen LogP contribution is 2.29. The number of rotatable bonds is 0. The Balaban J connectivity index is 0.000000423. The Kier molecular flexibility index (Phi) is 4.91. The van der Waals surface area contributed by atoms with Gasteiger partial charge in [-0.1, -0.05) is 0 Å². The highest BCUT2D eigenvalue weighted by molar-refractivity contribution is 7.76. The monoisotopic (exact) mass is 244 g/mol. The Labute approximate surface area is 86.5 Å². The van der Waals surface area contributed by atoms with Gasteiger partial charge in [0.15, 0.2) is 5.69 Å². The van der Waals surface area contributed by atoms with E-state index in [1.165, 1.54) is 20.2 Å². The summed E-state index contributed by atoms with van der Waals surface area (Å²) in [6.07, 6.45) is -2.99. The number of aromatic nitrogens is 2. The van der Waals surface area contributed by atoms with Crippen LogP contribution < -0.4 is 5.14 Å². The molecular formula is C6H9F3N3O2S-. The van der Waals surface area contributed by atoms with Gasteiger partial charge in [-0.05, 0) is 12.5 Å². The van der Waals surface area contributed by atoms with Crippen LogP contribution in [0.4, 0.5) is 13.2 Å². The van der Waals surface area contributed by atoms with Crippen LogP contribution in [0.5, 0.6) is 0 Å². The number of hydrogen-bond donors (Lipinski definition) is 1. The van der Waals surface area contributed by atoms with Crippen LogP contribution in [0.1, 0.15) is 11.3 Å².